The molecular weight excluding hydrogens is 307 g/mol. The van der Waals surface area contributed by atoms with Gasteiger partial charge >= 0.3 is 12.2 Å². The largest absolute Gasteiger partial charge is 0.416 e. The van der Waals surface area contributed by atoms with Gasteiger partial charge in [0.1, 0.15) is 0 Å². The molecule has 0 aromatic heterocycles. The number of alkyl halides is 3. The van der Waals surface area contributed by atoms with Crippen LogP contribution in [0.4, 0.5) is 23.7 Å². The van der Waals surface area contributed by atoms with E-state index in [-0.39, 0.29) is 16.8 Å². The van der Waals surface area contributed by atoms with Crippen LogP contribution in [-0.2, 0) is 6.18 Å². The highest BCUT2D eigenvalue weighted by Gasteiger charge is 2.31. The van der Waals surface area contributed by atoms with Crippen LogP contribution in [0.5, 0.6) is 0 Å². The van der Waals surface area contributed by atoms with Crippen molar-refractivity contribution in [2.75, 3.05) is 18.4 Å². The Bertz CT molecular complexity index is 528. The van der Waals surface area contributed by atoms with Crippen LogP contribution in [0.2, 0.25) is 5.02 Å². The summed E-state index contributed by atoms with van der Waals surface area (Å²) in [5.74, 6) is 0. The van der Waals surface area contributed by atoms with E-state index in [0.29, 0.717) is 25.9 Å². The van der Waals surface area contributed by atoms with Gasteiger partial charge in [-0.1, -0.05) is 11.6 Å². The lowest BCUT2D eigenvalue weighted by Crippen LogP contribution is -2.44. The van der Waals surface area contributed by atoms with Crippen molar-refractivity contribution in [3.05, 3.63) is 28.8 Å². The predicted molar refractivity (Wildman–Crippen MR) is 74.3 cm³/mol. The molecule has 0 radical (unpaired) electrons. The molecule has 1 fully saturated rings. The van der Waals surface area contributed by atoms with Gasteiger partial charge in [-0.3, -0.25) is 0 Å². The number of rotatable bonds is 1. The second-order valence-corrected chi connectivity index (χ2v) is 5.35. The lowest BCUT2D eigenvalue weighted by atomic mass is 10.1. The van der Waals surface area contributed by atoms with Crippen molar-refractivity contribution in [2.24, 2.45) is 5.73 Å². The second kappa shape index (κ2) is 6.11. The molecule has 4 nitrogen and oxygen atoms in total. The molecule has 1 aromatic carbocycles. The smallest absolute Gasteiger partial charge is 0.328 e. The van der Waals surface area contributed by atoms with Gasteiger partial charge in [0, 0.05) is 19.1 Å². The molecule has 116 valence electrons. The number of piperidine rings is 1. The molecule has 2 amide bonds. The number of nitrogens with zero attached hydrogens (tertiary/aromatic N) is 1. The Morgan fingerprint density at radius 1 is 1.33 bits per heavy atom. The van der Waals surface area contributed by atoms with Gasteiger partial charge in [0.15, 0.2) is 0 Å². The van der Waals surface area contributed by atoms with Gasteiger partial charge in [0.25, 0.3) is 0 Å². The number of likely N-dealkylation sites (tertiary alicyclic amines) is 1. The van der Waals surface area contributed by atoms with E-state index in [1.54, 1.807) is 0 Å². The molecular formula is C13H15ClF3N3O. The fourth-order valence-corrected chi connectivity index (χ4v) is 2.26. The number of nitrogens with one attached hydrogen (secondary N) is 1. The minimum Gasteiger partial charge on any atom is -0.328 e. The zero-order valence-electron chi connectivity index (χ0n) is 11.1. The van der Waals surface area contributed by atoms with E-state index in [9.17, 15) is 18.0 Å². The summed E-state index contributed by atoms with van der Waals surface area (Å²) < 4.78 is 38.0. The number of amides is 2. The standard InChI is InChI=1S/C13H15ClF3N3O/c14-10-2-1-8(13(15,16)17)7-11(10)19-12(21)20-5-3-9(18)4-6-20/h1-2,7,9H,3-6,18H2,(H,19,21). The topological polar surface area (TPSA) is 58.4 Å². The van der Waals surface area contributed by atoms with Crippen molar-refractivity contribution in [1.29, 1.82) is 0 Å². The van der Waals surface area contributed by atoms with Crippen molar-refractivity contribution in [2.45, 2.75) is 25.1 Å². The summed E-state index contributed by atoms with van der Waals surface area (Å²) in [6.45, 7) is 0.952. The third kappa shape index (κ3) is 4.01. The lowest BCUT2D eigenvalue weighted by molar-refractivity contribution is -0.137. The zero-order chi connectivity index (χ0) is 15.6. The number of urea groups is 1. The Labute approximate surface area is 125 Å². The fourth-order valence-electron chi connectivity index (χ4n) is 2.09. The lowest BCUT2D eigenvalue weighted by Gasteiger charge is -2.30. The van der Waals surface area contributed by atoms with Crippen molar-refractivity contribution >= 4 is 23.3 Å². The molecule has 8 heteroatoms. The van der Waals surface area contributed by atoms with E-state index < -0.39 is 17.8 Å². The maximum absolute atomic E-state index is 12.7. The maximum Gasteiger partial charge on any atom is 0.416 e. The maximum atomic E-state index is 12.7. The molecule has 0 spiro atoms. The summed E-state index contributed by atoms with van der Waals surface area (Å²) in [4.78, 5) is 13.5. The molecule has 3 N–H and O–H groups in total. The van der Waals surface area contributed by atoms with Gasteiger partial charge in [0.2, 0.25) is 0 Å². The van der Waals surface area contributed by atoms with E-state index >= 15 is 0 Å². The number of carbonyl (C=O) groups is 1. The van der Waals surface area contributed by atoms with Gasteiger partial charge in [-0.05, 0) is 31.0 Å². The van der Waals surface area contributed by atoms with Crippen molar-refractivity contribution < 1.29 is 18.0 Å². The zero-order valence-corrected chi connectivity index (χ0v) is 11.8. The first-order valence-electron chi connectivity index (χ1n) is 6.45. The summed E-state index contributed by atoms with van der Waals surface area (Å²) in [7, 11) is 0. The van der Waals surface area contributed by atoms with Gasteiger partial charge in [-0.2, -0.15) is 13.2 Å². The molecule has 1 heterocycles. The van der Waals surface area contributed by atoms with Crippen molar-refractivity contribution in [3.8, 4) is 0 Å². The molecule has 0 bridgehead atoms. The highest BCUT2D eigenvalue weighted by Crippen LogP contribution is 2.33. The van der Waals surface area contributed by atoms with Gasteiger partial charge in [-0.15, -0.1) is 0 Å². The number of hydrogen-bond donors (Lipinski definition) is 2. The highest BCUT2D eigenvalue weighted by atomic mass is 35.5. The summed E-state index contributed by atoms with van der Waals surface area (Å²) in [5, 5.41) is 2.48. The Kier molecular flexibility index (Phi) is 4.63. The summed E-state index contributed by atoms with van der Waals surface area (Å²) in [6.07, 6.45) is -3.14. The Hall–Kier alpha value is -1.47. The van der Waals surface area contributed by atoms with Crippen LogP contribution in [0.15, 0.2) is 18.2 Å². The third-order valence-electron chi connectivity index (χ3n) is 3.36. The Morgan fingerprint density at radius 3 is 2.52 bits per heavy atom. The van der Waals surface area contributed by atoms with Crippen LogP contribution in [0.3, 0.4) is 0 Å². The van der Waals surface area contributed by atoms with Gasteiger partial charge in [0.05, 0.1) is 16.3 Å². The molecule has 21 heavy (non-hydrogen) atoms. The molecule has 0 atom stereocenters. The summed E-state index contributed by atoms with van der Waals surface area (Å²) in [6, 6.07) is 2.41. The van der Waals surface area contributed by atoms with E-state index in [0.717, 1.165) is 18.2 Å². The molecule has 0 aliphatic carbocycles. The minimum absolute atomic E-state index is 0.0497. The van der Waals surface area contributed by atoms with Gasteiger partial charge < -0.3 is 16.0 Å². The molecule has 1 aliphatic heterocycles. The molecule has 1 aromatic rings. The van der Waals surface area contributed by atoms with Crippen molar-refractivity contribution in [3.63, 3.8) is 0 Å². The van der Waals surface area contributed by atoms with Crippen LogP contribution >= 0.6 is 11.6 Å². The van der Waals surface area contributed by atoms with E-state index in [1.165, 1.54) is 4.90 Å². The number of hydrogen-bond acceptors (Lipinski definition) is 2. The molecule has 1 aliphatic rings. The number of anilines is 1. The first-order valence-corrected chi connectivity index (χ1v) is 6.83. The second-order valence-electron chi connectivity index (χ2n) is 4.95. The van der Waals surface area contributed by atoms with E-state index in [4.69, 9.17) is 17.3 Å². The van der Waals surface area contributed by atoms with Crippen molar-refractivity contribution in [1.82, 2.24) is 4.90 Å². The Balaban J connectivity index is 2.10. The third-order valence-corrected chi connectivity index (χ3v) is 3.69. The highest BCUT2D eigenvalue weighted by molar-refractivity contribution is 6.33. The average Bonchev–Trinajstić information content (AvgIpc) is 2.40. The number of halogens is 4. The minimum atomic E-state index is -4.48. The monoisotopic (exact) mass is 321 g/mol. The molecule has 0 saturated carbocycles. The first kappa shape index (κ1) is 15.9. The predicted octanol–water partition coefficient (Wildman–Crippen LogP) is 3.31. The van der Waals surface area contributed by atoms with E-state index in [1.807, 2.05) is 0 Å². The van der Waals surface area contributed by atoms with Gasteiger partial charge in [-0.25, -0.2) is 4.79 Å². The Morgan fingerprint density at radius 2 is 1.95 bits per heavy atom. The van der Waals surface area contributed by atoms with Crippen LogP contribution in [0, 0.1) is 0 Å². The average molecular weight is 322 g/mol. The summed E-state index contributed by atoms with van der Waals surface area (Å²) >= 11 is 5.83. The fraction of sp³-hybridized carbons (Fsp3) is 0.462. The molecule has 0 unspecified atom stereocenters. The summed E-state index contributed by atoms with van der Waals surface area (Å²) in [5.41, 5.74) is 4.83. The van der Waals surface area contributed by atoms with Crippen LogP contribution in [-0.4, -0.2) is 30.1 Å². The van der Waals surface area contributed by atoms with Crippen LogP contribution in [0.25, 0.3) is 0 Å². The first-order chi connectivity index (χ1) is 9.77. The van der Waals surface area contributed by atoms with E-state index in [2.05, 4.69) is 5.32 Å². The SMILES string of the molecule is NC1CCN(C(=O)Nc2cc(C(F)(F)F)ccc2Cl)CC1. The molecule has 1 saturated heterocycles. The quantitative estimate of drug-likeness (QED) is 0.833. The number of benzene rings is 1. The molecule has 2 rings (SSSR count). The normalized spacial score (nSPS) is 16.9. The van der Waals surface area contributed by atoms with Crippen LogP contribution < -0.4 is 11.1 Å². The van der Waals surface area contributed by atoms with Crippen LogP contribution in [0.1, 0.15) is 18.4 Å². The number of carbonyl (C=O) groups excluding carboxylic acids is 1. The number of nitrogens with two attached hydrogens (primary N) is 1.